The largest absolute Gasteiger partial charge is 0.483 e. The number of nitrogens with zero attached hydrogens (tertiary/aromatic N) is 1. The van der Waals surface area contributed by atoms with Crippen LogP contribution in [0, 0.1) is 0 Å². The minimum atomic E-state index is -0.875. The van der Waals surface area contributed by atoms with Crippen LogP contribution in [-0.4, -0.2) is 55.0 Å². The average molecular weight is 554 g/mol. The van der Waals surface area contributed by atoms with Crippen molar-refractivity contribution < 1.29 is 23.9 Å². The summed E-state index contributed by atoms with van der Waals surface area (Å²) in [6.45, 7) is 7.16. The zero-order valence-electron chi connectivity index (χ0n) is 21.4. The molecule has 2 rings (SSSR count). The summed E-state index contributed by atoms with van der Waals surface area (Å²) in [5.74, 6) is -0.247. The Morgan fingerprint density at radius 3 is 2.49 bits per heavy atom. The highest BCUT2D eigenvalue weighted by atomic mass is 79.9. The van der Waals surface area contributed by atoms with Gasteiger partial charge in [-0.3, -0.25) is 14.4 Å². The van der Waals surface area contributed by atoms with E-state index >= 15 is 0 Å². The molecule has 1 aromatic rings. The Labute approximate surface area is 218 Å². The fraction of sp³-hybridized carbons (Fsp3) is 0.667. The van der Waals surface area contributed by atoms with Crippen LogP contribution in [0.2, 0.25) is 0 Å². The number of rotatable bonds is 15. The molecule has 0 saturated carbocycles. The third kappa shape index (κ3) is 10.2. The quantitative estimate of drug-likeness (QED) is 0.234. The van der Waals surface area contributed by atoms with Gasteiger partial charge in [0.25, 0.3) is 5.91 Å². The van der Waals surface area contributed by atoms with Crippen molar-refractivity contribution in [2.45, 2.75) is 90.5 Å². The highest BCUT2D eigenvalue weighted by molar-refractivity contribution is 9.10. The number of esters is 1. The maximum Gasteiger partial charge on any atom is 0.308 e. The van der Waals surface area contributed by atoms with Crippen LogP contribution in [0.25, 0.3) is 0 Å². The molecule has 196 valence electrons. The van der Waals surface area contributed by atoms with Crippen LogP contribution in [0.5, 0.6) is 5.75 Å². The number of nitrogens with one attached hydrogen (secondary N) is 1. The van der Waals surface area contributed by atoms with E-state index in [0.717, 1.165) is 29.3 Å². The summed E-state index contributed by atoms with van der Waals surface area (Å²) < 4.78 is 12.1. The van der Waals surface area contributed by atoms with Gasteiger partial charge in [-0.2, -0.15) is 0 Å². The van der Waals surface area contributed by atoms with E-state index in [4.69, 9.17) is 9.47 Å². The van der Waals surface area contributed by atoms with Gasteiger partial charge in [-0.1, -0.05) is 81.6 Å². The number of hydrogen-bond donors (Lipinski definition) is 1. The fourth-order valence-electron chi connectivity index (χ4n) is 4.18. The molecule has 1 unspecified atom stereocenters. The van der Waals surface area contributed by atoms with Crippen LogP contribution >= 0.6 is 15.9 Å². The minimum Gasteiger partial charge on any atom is -0.483 e. The number of ether oxygens (including phenoxy) is 2. The van der Waals surface area contributed by atoms with Gasteiger partial charge >= 0.3 is 5.97 Å². The van der Waals surface area contributed by atoms with Gasteiger partial charge in [0.15, 0.2) is 6.61 Å². The summed E-state index contributed by atoms with van der Waals surface area (Å²) in [5, 5.41) is 2.74. The molecule has 35 heavy (non-hydrogen) atoms. The van der Waals surface area contributed by atoms with Gasteiger partial charge < -0.3 is 19.7 Å². The number of carbonyl (C=O) groups is 3. The van der Waals surface area contributed by atoms with E-state index in [1.165, 1.54) is 37.0 Å². The molecule has 0 radical (unpaired) electrons. The lowest BCUT2D eigenvalue weighted by Gasteiger charge is -2.34. The van der Waals surface area contributed by atoms with Gasteiger partial charge in [0, 0.05) is 17.6 Å². The van der Waals surface area contributed by atoms with Crippen LogP contribution in [0.4, 0.5) is 0 Å². The van der Waals surface area contributed by atoms with Gasteiger partial charge in [0.2, 0.25) is 5.91 Å². The summed E-state index contributed by atoms with van der Waals surface area (Å²) in [4.78, 5) is 39.2. The van der Waals surface area contributed by atoms with Crippen molar-refractivity contribution in [2.24, 2.45) is 0 Å². The number of benzene rings is 1. The summed E-state index contributed by atoms with van der Waals surface area (Å²) >= 11 is 3.47. The summed E-state index contributed by atoms with van der Waals surface area (Å²) in [6.07, 6.45) is 9.15. The second kappa shape index (κ2) is 15.8. The van der Waals surface area contributed by atoms with Crippen LogP contribution < -0.4 is 10.1 Å². The number of unbranched alkanes of at least 4 members (excludes halogenated alkanes) is 7. The van der Waals surface area contributed by atoms with Crippen molar-refractivity contribution >= 4 is 33.7 Å². The summed E-state index contributed by atoms with van der Waals surface area (Å²) in [6, 6.07) is 4.80. The van der Waals surface area contributed by atoms with Crippen LogP contribution in [0.15, 0.2) is 22.7 Å². The Balaban J connectivity index is 1.80. The minimum absolute atomic E-state index is 0.149. The van der Waals surface area contributed by atoms with E-state index in [2.05, 4.69) is 42.0 Å². The topological polar surface area (TPSA) is 84.9 Å². The lowest BCUT2D eigenvalue weighted by molar-refractivity contribution is -0.152. The predicted molar refractivity (Wildman–Crippen MR) is 140 cm³/mol. The standard InChI is InChI=1S/C27H41BrN2O5/c1-4-5-6-7-8-9-10-11-16-34-26(32)18-23-27(33)29-14-15-30(23)25(31)19-35-24-13-12-21(28)17-22(24)20(2)3/h12-13,17,20,23H,4-11,14-16,18-19H2,1-3H3,(H,29,33). The van der Waals surface area contributed by atoms with Crippen molar-refractivity contribution in [3.63, 3.8) is 0 Å². The second-order valence-corrected chi connectivity index (χ2v) is 10.3. The van der Waals surface area contributed by atoms with Crippen molar-refractivity contribution in [1.82, 2.24) is 10.2 Å². The molecule has 1 saturated heterocycles. The van der Waals surface area contributed by atoms with Crippen molar-refractivity contribution in [2.75, 3.05) is 26.3 Å². The Kier molecular flexibility index (Phi) is 13.2. The van der Waals surface area contributed by atoms with Crippen LogP contribution in [0.3, 0.4) is 0 Å². The van der Waals surface area contributed by atoms with E-state index in [9.17, 15) is 14.4 Å². The molecule has 1 N–H and O–H groups in total. The Bertz CT molecular complexity index is 830. The lowest BCUT2D eigenvalue weighted by Crippen LogP contribution is -2.58. The van der Waals surface area contributed by atoms with Gasteiger partial charge in [-0.05, 0) is 36.1 Å². The lowest BCUT2D eigenvalue weighted by atomic mass is 10.0. The van der Waals surface area contributed by atoms with E-state index in [1.54, 1.807) is 0 Å². The van der Waals surface area contributed by atoms with Gasteiger partial charge in [-0.25, -0.2) is 0 Å². The SMILES string of the molecule is CCCCCCCCCCOC(=O)CC1C(=O)NCCN1C(=O)COc1ccc(Br)cc1C(C)C. The molecule has 0 aliphatic carbocycles. The number of hydrogen-bond acceptors (Lipinski definition) is 5. The van der Waals surface area contributed by atoms with Crippen molar-refractivity contribution in [3.8, 4) is 5.75 Å². The first-order chi connectivity index (χ1) is 16.8. The second-order valence-electron chi connectivity index (χ2n) is 9.42. The molecule has 7 nitrogen and oxygen atoms in total. The third-order valence-electron chi connectivity index (χ3n) is 6.22. The van der Waals surface area contributed by atoms with Crippen LogP contribution in [-0.2, 0) is 19.1 Å². The first kappa shape index (κ1) is 29.1. The molecule has 1 aliphatic rings. The van der Waals surface area contributed by atoms with E-state index in [0.29, 0.717) is 25.4 Å². The van der Waals surface area contributed by atoms with Gasteiger partial charge in [0.1, 0.15) is 11.8 Å². The number of halogens is 1. The highest BCUT2D eigenvalue weighted by Gasteiger charge is 2.35. The smallest absolute Gasteiger partial charge is 0.308 e. The summed E-state index contributed by atoms with van der Waals surface area (Å²) in [5.41, 5.74) is 0.990. The van der Waals surface area contributed by atoms with E-state index < -0.39 is 12.0 Å². The molecule has 1 heterocycles. The van der Waals surface area contributed by atoms with E-state index in [-0.39, 0.29) is 30.8 Å². The maximum absolute atomic E-state index is 12.9. The molecule has 0 bridgehead atoms. The molecule has 2 amide bonds. The van der Waals surface area contributed by atoms with Crippen molar-refractivity contribution in [3.05, 3.63) is 28.2 Å². The van der Waals surface area contributed by atoms with Gasteiger partial charge in [-0.15, -0.1) is 0 Å². The van der Waals surface area contributed by atoms with Crippen molar-refractivity contribution in [1.29, 1.82) is 0 Å². The molecule has 1 aromatic carbocycles. The Morgan fingerprint density at radius 1 is 1.11 bits per heavy atom. The zero-order valence-corrected chi connectivity index (χ0v) is 23.0. The van der Waals surface area contributed by atoms with E-state index in [1.807, 2.05) is 18.2 Å². The molecule has 1 atom stereocenters. The molecule has 1 aliphatic heterocycles. The first-order valence-corrected chi connectivity index (χ1v) is 13.8. The highest BCUT2D eigenvalue weighted by Crippen LogP contribution is 2.29. The fourth-order valence-corrected chi connectivity index (χ4v) is 4.56. The Morgan fingerprint density at radius 2 is 1.80 bits per heavy atom. The molecule has 8 heteroatoms. The Hall–Kier alpha value is -2.09. The number of amides is 2. The third-order valence-corrected chi connectivity index (χ3v) is 6.71. The normalized spacial score (nSPS) is 15.7. The number of piperazine rings is 1. The molecule has 1 fully saturated rings. The van der Waals surface area contributed by atoms with Crippen LogP contribution in [0.1, 0.15) is 90.0 Å². The molecular weight excluding hydrogens is 512 g/mol. The zero-order chi connectivity index (χ0) is 25.6. The maximum atomic E-state index is 12.9. The summed E-state index contributed by atoms with van der Waals surface area (Å²) in [7, 11) is 0. The molecule has 0 spiro atoms. The first-order valence-electron chi connectivity index (χ1n) is 13.0. The predicted octanol–water partition coefficient (Wildman–Crippen LogP) is 5.35. The number of carbonyl (C=O) groups excluding carboxylic acids is 3. The molecule has 0 aromatic heterocycles. The monoisotopic (exact) mass is 552 g/mol. The van der Waals surface area contributed by atoms with Gasteiger partial charge in [0.05, 0.1) is 13.0 Å². The average Bonchev–Trinajstić information content (AvgIpc) is 2.83. The molecular formula is C27H41BrN2O5.